The average molecular weight is 1380 g/mol. The Morgan fingerprint density at radius 1 is 0.427 bits per heavy atom. The number of benzene rings is 1. The van der Waals surface area contributed by atoms with E-state index in [0.717, 1.165) is 0 Å². The predicted octanol–water partition coefficient (Wildman–Crippen LogP) is -4.16. The Bertz CT molecular complexity index is 2800. The minimum atomic E-state index is -1.83. The number of amides is 13. The van der Waals surface area contributed by atoms with E-state index in [-0.39, 0.29) is 99.8 Å². The third-order valence-corrected chi connectivity index (χ3v) is 15.4. The van der Waals surface area contributed by atoms with E-state index in [1.807, 2.05) is 13.8 Å². The van der Waals surface area contributed by atoms with Crippen LogP contribution in [0.3, 0.4) is 0 Å². The fraction of sp³-hybridized carbons (Fsp3) is 0.656. The molecule has 540 valence electrons. The Labute approximate surface area is 562 Å². The lowest BCUT2D eigenvalue weighted by atomic mass is 10.0. The number of carboxylic acids is 2. The van der Waals surface area contributed by atoms with Crippen LogP contribution in [0, 0.1) is 17.8 Å². The molecule has 0 aromatic heterocycles. The first-order chi connectivity index (χ1) is 45.0. The highest BCUT2D eigenvalue weighted by molar-refractivity contribution is 7.98. The van der Waals surface area contributed by atoms with Gasteiger partial charge in [0, 0.05) is 19.3 Å². The van der Waals surface area contributed by atoms with Crippen LogP contribution in [0.4, 0.5) is 0 Å². The van der Waals surface area contributed by atoms with Crippen LogP contribution in [0.5, 0.6) is 5.75 Å². The van der Waals surface area contributed by atoms with Crippen molar-refractivity contribution in [3.05, 3.63) is 29.8 Å². The monoisotopic (exact) mass is 1380 g/mol. The first-order valence-corrected chi connectivity index (χ1v) is 33.2. The number of hydrogen-bond donors (Lipinski definition) is 19. The summed E-state index contributed by atoms with van der Waals surface area (Å²) in [5, 5.41) is 54.2. The number of primary amides is 3. The zero-order valence-corrected chi connectivity index (χ0v) is 56.5. The maximum Gasteiger partial charge on any atom is 0.326 e. The van der Waals surface area contributed by atoms with Crippen molar-refractivity contribution in [3.8, 4) is 5.75 Å². The van der Waals surface area contributed by atoms with Crippen molar-refractivity contribution in [2.24, 2.45) is 52.2 Å². The quantitative estimate of drug-likeness (QED) is 0.0275. The lowest BCUT2D eigenvalue weighted by molar-refractivity contribution is -0.143. The number of aliphatic carboxylic acids is 2. The van der Waals surface area contributed by atoms with Gasteiger partial charge in [0.15, 0.2) is 0 Å². The standard InChI is InChI=1S/C61H102N16O18S/c1-31(2)26-36(64)51(84)68-39(18-20-46(65)79)54(87)69-38(13-9-11-24-63)53(86)75-45(30-48(67)81)60(93)73-42(27-32(3)4)57(90)70-37(12-8-10-23-62)52(85)71-40(19-21-49(82)83)55(88)74-43(28-34-14-16-35(78)17-15-34)58(91)76-44(29-47(66)80)59(92)72-41(22-25-96-7)56(89)77-50(33(5)6)61(94)95/h14-17,31-33,36-45,50,78H,8-13,18-30,62-64H2,1-7H3,(H2,65,79)(H2,66,80)(H2,67,81)(H,68,84)(H,69,87)(H,70,90)(H,71,85)(H,72,92)(H,73,93)(H,74,88)(H,75,86)(H,76,91)(H,77,89)(H,82,83)(H,94,95)/t36-,37-,38-,39-,40-,41-,42-,43-,44-,45-,50-/m0/s1. The number of carboxylic acid groups (broad SMARTS) is 2. The van der Waals surface area contributed by atoms with Crippen molar-refractivity contribution in [2.45, 2.75) is 211 Å². The highest BCUT2D eigenvalue weighted by Gasteiger charge is 2.38. The van der Waals surface area contributed by atoms with Crippen LogP contribution < -0.4 is 87.6 Å². The van der Waals surface area contributed by atoms with E-state index in [0.29, 0.717) is 12.8 Å². The largest absolute Gasteiger partial charge is 0.508 e. The second kappa shape index (κ2) is 44.9. The summed E-state index contributed by atoms with van der Waals surface area (Å²) in [5.41, 5.74) is 34.3. The molecule has 0 bridgehead atoms. The van der Waals surface area contributed by atoms with Gasteiger partial charge < -0.3 is 103 Å². The molecule has 25 N–H and O–H groups in total. The molecule has 0 aliphatic heterocycles. The maximum absolute atomic E-state index is 14.5. The molecule has 35 heteroatoms. The molecule has 0 fully saturated rings. The van der Waals surface area contributed by atoms with Gasteiger partial charge in [-0.15, -0.1) is 0 Å². The Balaban J connectivity index is 3.77. The summed E-state index contributed by atoms with van der Waals surface area (Å²) in [6.07, 6.45) is -1.59. The number of phenols is 1. The fourth-order valence-corrected chi connectivity index (χ4v) is 10.0. The molecule has 1 aromatic carbocycles. The van der Waals surface area contributed by atoms with Gasteiger partial charge in [-0.1, -0.05) is 53.7 Å². The summed E-state index contributed by atoms with van der Waals surface area (Å²) in [7, 11) is 0. The number of rotatable bonds is 49. The van der Waals surface area contributed by atoms with E-state index in [4.69, 9.17) is 34.4 Å². The molecule has 0 aliphatic rings. The molecule has 0 unspecified atom stereocenters. The third-order valence-electron chi connectivity index (χ3n) is 14.7. The van der Waals surface area contributed by atoms with Gasteiger partial charge in [-0.25, -0.2) is 4.79 Å². The highest BCUT2D eigenvalue weighted by atomic mass is 32.2. The Kier molecular flexibility index (Phi) is 39.9. The molecule has 1 rings (SSSR count). The lowest BCUT2D eigenvalue weighted by Gasteiger charge is -2.29. The topological polar surface area (TPSA) is 593 Å². The molecule has 0 aliphatic carbocycles. The second-order valence-corrected chi connectivity index (χ2v) is 25.5. The van der Waals surface area contributed by atoms with Crippen LogP contribution in [0.1, 0.15) is 143 Å². The maximum atomic E-state index is 14.5. The molecule has 11 atom stereocenters. The summed E-state index contributed by atoms with van der Waals surface area (Å²) < 4.78 is 0. The van der Waals surface area contributed by atoms with Crippen molar-refractivity contribution < 1.29 is 87.2 Å². The number of phenolic OH excluding ortho intramolecular Hbond substituents is 1. The molecule has 0 saturated heterocycles. The number of nitrogens with one attached hydrogen (secondary N) is 10. The molecule has 0 spiro atoms. The second-order valence-electron chi connectivity index (χ2n) is 24.5. The van der Waals surface area contributed by atoms with Crippen LogP contribution in [0.25, 0.3) is 0 Å². The first-order valence-electron chi connectivity index (χ1n) is 31.8. The molecular weight excluding hydrogens is 1280 g/mol. The van der Waals surface area contributed by atoms with Gasteiger partial charge in [0.25, 0.3) is 0 Å². The summed E-state index contributed by atoms with van der Waals surface area (Å²) >= 11 is 1.29. The number of thioether (sulfide) groups is 1. The molecule has 96 heavy (non-hydrogen) atoms. The molecule has 0 radical (unpaired) electrons. The SMILES string of the molecule is CSCC[C@H](NC(=O)[C@H](CC(N)=O)NC(=O)[C@H](Cc1ccc(O)cc1)NC(=O)[C@H](CCC(=O)O)NC(=O)[C@H](CCCCN)NC(=O)[C@H](CC(C)C)NC(=O)[C@H](CC(N)=O)NC(=O)[C@H](CCCCN)NC(=O)[C@H](CCC(N)=O)NC(=O)[C@@H](N)CC(C)C)C(=O)N[C@H](C(=O)O)C(C)C. The fourth-order valence-electron chi connectivity index (χ4n) is 9.56. The molecule has 1 aromatic rings. The smallest absolute Gasteiger partial charge is 0.326 e. The van der Waals surface area contributed by atoms with E-state index in [1.54, 1.807) is 34.0 Å². The number of nitrogens with two attached hydrogens (primary N) is 6. The number of hydrogen-bond acceptors (Lipinski definition) is 20. The van der Waals surface area contributed by atoms with Crippen molar-refractivity contribution in [1.29, 1.82) is 0 Å². The van der Waals surface area contributed by atoms with Gasteiger partial charge in [0.2, 0.25) is 76.8 Å². The van der Waals surface area contributed by atoms with E-state index in [9.17, 15) is 87.2 Å². The Morgan fingerprint density at radius 2 is 0.781 bits per heavy atom. The van der Waals surface area contributed by atoms with Gasteiger partial charge in [-0.3, -0.25) is 67.1 Å². The van der Waals surface area contributed by atoms with Crippen LogP contribution >= 0.6 is 11.8 Å². The summed E-state index contributed by atoms with van der Waals surface area (Å²) in [4.78, 5) is 201. The number of unbranched alkanes of at least 4 members (excludes halogenated alkanes) is 2. The van der Waals surface area contributed by atoms with E-state index in [2.05, 4.69) is 53.2 Å². The molecule has 0 saturated carbocycles. The van der Waals surface area contributed by atoms with Gasteiger partial charge >= 0.3 is 11.9 Å². The highest BCUT2D eigenvalue weighted by Crippen LogP contribution is 2.16. The third kappa shape index (κ3) is 34.1. The molecule has 13 amide bonds. The minimum absolute atomic E-state index is 0.00756. The van der Waals surface area contributed by atoms with Crippen molar-refractivity contribution >= 4 is 100 Å². The van der Waals surface area contributed by atoms with Crippen molar-refractivity contribution in [2.75, 3.05) is 25.1 Å². The summed E-state index contributed by atoms with van der Waals surface area (Å²) in [6, 6.07) is -11.7. The molecular formula is C61H102N16O18S. The predicted molar refractivity (Wildman–Crippen MR) is 352 cm³/mol. The molecule has 34 nitrogen and oxygen atoms in total. The van der Waals surface area contributed by atoms with Crippen LogP contribution in [0.2, 0.25) is 0 Å². The lowest BCUT2D eigenvalue weighted by Crippen LogP contribution is -2.61. The summed E-state index contributed by atoms with van der Waals surface area (Å²) in [5.74, 6) is -16.9. The minimum Gasteiger partial charge on any atom is -0.508 e. The van der Waals surface area contributed by atoms with Crippen molar-refractivity contribution in [3.63, 3.8) is 0 Å². The van der Waals surface area contributed by atoms with E-state index >= 15 is 0 Å². The van der Waals surface area contributed by atoms with Crippen LogP contribution in [-0.2, 0) is 78.3 Å². The van der Waals surface area contributed by atoms with Gasteiger partial charge in [-0.2, -0.15) is 11.8 Å². The first kappa shape index (κ1) is 85.3. The van der Waals surface area contributed by atoms with Crippen molar-refractivity contribution in [1.82, 2.24) is 53.2 Å². The Morgan fingerprint density at radius 3 is 1.17 bits per heavy atom. The van der Waals surface area contributed by atoms with Gasteiger partial charge in [0.1, 0.15) is 66.2 Å². The Hall–Kier alpha value is -8.70. The summed E-state index contributed by atoms with van der Waals surface area (Å²) in [6.45, 7) is 10.4. The zero-order chi connectivity index (χ0) is 72.9. The number of carbonyl (C=O) groups is 15. The molecule has 0 heterocycles. The average Bonchev–Trinajstić information content (AvgIpc) is 0.929. The van der Waals surface area contributed by atoms with E-state index < -0.39 is 193 Å². The number of aromatic hydroxyl groups is 1. The van der Waals surface area contributed by atoms with Gasteiger partial charge in [0.05, 0.1) is 18.9 Å². The zero-order valence-electron chi connectivity index (χ0n) is 55.7. The van der Waals surface area contributed by atoms with Crippen LogP contribution in [-0.4, -0.2) is 196 Å². The number of carbonyl (C=O) groups excluding carboxylic acids is 13. The normalized spacial score (nSPS) is 14.6. The van der Waals surface area contributed by atoms with E-state index in [1.165, 1.54) is 36.0 Å². The van der Waals surface area contributed by atoms with Crippen LogP contribution in [0.15, 0.2) is 24.3 Å². The van der Waals surface area contributed by atoms with Gasteiger partial charge in [-0.05, 0) is 131 Å².